The predicted octanol–water partition coefficient (Wildman–Crippen LogP) is 1.09. The number of imide groups is 1. The first-order valence-corrected chi connectivity index (χ1v) is 8.84. The molecule has 0 aromatic heterocycles. The first kappa shape index (κ1) is 18.2. The second-order valence-electron chi connectivity index (χ2n) is 6.64. The highest BCUT2D eigenvalue weighted by Gasteiger charge is 2.32. The van der Waals surface area contributed by atoms with Crippen molar-refractivity contribution in [2.24, 2.45) is 0 Å². The van der Waals surface area contributed by atoms with Gasteiger partial charge >= 0.3 is 6.03 Å². The van der Waals surface area contributed by atoms with E-state index in [0.717, 1.165) is 19.3 Å². The summed E-state index contributed by atoms with van der Waals surface area (Å²) in [6, 6.07) is 6.43. The van der Waals surface area contributed by atoms with E-state index >= 15 is 0 Å². The molecule has 0 bridgehead atoms. The van der Waals surface area contributed by atoms with Crippen molar-refractivity contribution in [2.75, 3.05) is 25.5 Å². The van der Waals surface area contributed by atoms with E-state index in [-0.39, 0.29) is 24.5 Å². The van der Waals surface area contributed by atoms with Gasteiger partial charge in [0, 0.05) is 11.7 Å². The Morgan fingerprint density at radius 2 is 1.88 bits per heavy atom. The summed E-state index contributed by atoms with van der Waals surface area (Å²) in [5.74, 6) is 0.168. The summed E-state index contributed by atoms with van der Waals surface area (Å²) in [6.07, 6.45) is 3.44. The number of rotatable bonds is 6. The molecule has 8 nitrogen and oxygen atoms in total. The second-order valence-corrected chi connectivity index (χ2v) is 6.64. The standard InChI is InChI=1S/C18H24N4O4/c1-26-14-8-6-12(7-9-14)19-17(24)15-3-2-10-22(15)11-16(23)21-18(25)20-13-4-5-13/h6-9,13,15H,2-5,10-11H2,1H3,(H,19,24)(H2,20,21,23,25)/t15-/m1/s1. The molecule has 1 heterocycles. The average Bonchev–Trinajstić information content (AvgIpc) is 3.30. The maximum Gasteiger partial charge on any atom is 0.321 e. The summed E-state index contributed by atoms with van der Waals surface area (Å²) in [4.78, 5) is 38.0. The van der Waals surface area contributed by atoms with Gasteiger partial charge in [0.15, 0.2) is 0 Å². The number of anilines is 1. The van der Waals surface area contributed by atoms with Crippen molar-refractivity contribution in [3.05, 3.63) is 24.3 Å². The molecule has 1 aliphatic heterocycles. The number of hydrogen-bond donors (Lipinski definition) is 3. The van der Waals surface area contributed by atoms with Crippen LogP contribution in [0.25, 0.3) is 0 Å². The van der Waals surface area contributed by atoms with Crippen LogP contribution in [-0.4, -0.2) is 55.0 Å². The van der Waals surface area contributed by atoms with E-state index in [0.29, 0.717) is 24.4 Å². The van der Waals surface area contributed by atoms with Crippen molar-refractivity contribution >= 4 is 23.5 Å². The molecule has 2 fully saturated rings. The molecule has 1 saturated carbocycles. The molecule has 3 N–H and O–H groups in total. The Bertz CT molecular complexity index is 672. The number of likely N-dealkylation sites (tertiary alicyclic amines) is 1. The number of amides is 4. The summed E-state index contributed by atoms with van der Waals surface area (Å²) < 4.78 is 5.10. The number of hydrogen-bond acceptors (Lipinski definition) is 5. The van der Waals surface area contributed by atoms with Gasteiger partial charge < -0.3 is 15.4 Å². The molecule has 1 aromatic rings. The van der Waals surface area contributed by atoms with E-state index in [4.69, 9.17) is 4.74 Å². The zero-order valence-electron chi connectivity index (χ0n) is 14.8. The van der Waals surface area contributed by atoms with Crippen molar-refractivity contribution in [1.82, 2.24) is 15.5 Å². The van der Waals surface area contributed by atoms with E-state index in [2.05, 4.69) is 16.0 Å². The summed E-state index contributed by atoms with van der Waals surface area (Å²) in [7, 11) is 1.58. The number of nitrogens with one attached hydrogen (secondary N) is 3. The zero-order chi connectivity index (χ0) is 18.5. The van der Waals surface area contributed by atoms with Gasteiger partial charge in [0.05, 0.1) is 19.7 Å². The highest BCUT2D eigenvalue weighted by atomic mass is 16.5. The Balaban J connectivity index is 1.50. The van der Waals surface area contributed by atoms with Crippen LogP contribution in [0.3, 0.4) is 0 Å². The maximum atomic E-state index is 12.5. The van der Waals surface area contributed by atoms with Gasteiger partial charge in [-0.1, -0.05) is 0 Å². The molecule has 0 radical (unpaired) electrons. The summed E-state index contributed by atoms with van der Waals surface area (Å²) in [6.45, 7) is 0.678. The molecule has 3 rings (SSSR count). The zero-order valence-corrected chi connectivity index (χ0v) is 14.8. The fourth-order valence-corrected chi connectivity index (χ4v) is 3.01. The van der Waals surface area contributed by atoms with Crippen LogP contribution < -0.4 is 20.7 Å². The van der Waals surface area contributed by atoms with Crippen LogP contribution in [0.15, 0.2) is 24.3 Å². The van der Waals surface area contributed by atoms with E-state index in [9.17, 15) is 14.4 Å². The van der Waals surface area contributed by atoms with E-state index in [1.807, 2.05) is 0 Å². The normalized spacial score (nSPS) is 19.7. The lowest BCUT2D eigenvalue weighted by atomic mass is 10.2. The third-order valence-electron chi connectivity index (χ3n) is 4.54. The number of ether oxygens (including phenoxy) is 1. The number of carbonyl (C=O) groups excluding carboxylic acids is 3. The van der Waals surface area contributed by atoms with Crippen molar-refractivity contribution in [3.63, 3.8) is 0 Å². The lowest BCUT2D eigenvalue weighted by molar-refractivity contribution is -0.124. The molecule has 2 aliphatic rings. The van der Waals surface area contributed by atoms with Crippen molar-refractivity contribution in [1.29, 1.82) is 0 Å². The van der Waals surface area contributed by atoms with Gasteiger partial charge in [0.2, 0.25) is 11.8 Å². The molecule has 1 saturated heterocycles. The molecule has 1 aliphatic carbocycles. The molecular formula is C18H24N4O4. The summed E-state index contributed by atoms with van der Waals surface area (Å²) in [5, 5.41) is 7.90. The van der Waals surface area contributed by atoms with Crippen LogP contribution in [0, 0.1) is 0 Å². The molecule has 26 heavy (non-hydrogen) atoms. The fraction of sp³-hybridized carbons (Fsp3) is 0.500. The summed E-state index contributed by atoms with van der Waals surface area (Å²) >= 11 is 0. The average molecular weight is 360 g/mol. The third-order valence-corrected chi connectivity index (χ3v) is 4.54. The Hall–Kier alpha value is -2.61. The minimum Gasteiger partial charge on any atom is -0.497 e. The Morgan fingerprint density at radius 3 is 2.54 bits per heavy atom. The first-order valence-electron chi connectivity index (χ1n) is 8.84. The Morgan fingerprint density at radius 1 is 1.15 bits per heavy atom. The van der Waals surface area contributed by atoms with Crippen molar-refractivity contribution in [2.45, 2.75) is 37.8 Å². The largest absolute Gasteiger partial charge is 0.497 e. The molecule has 0 unspecified atom stereocenters. The number of benzene rings is 1. The van der Waals surface area contributed by atoms with Crippen LogP contribution in [0.2, 0.25) is 0 Å². The van der Waals surface area contributed by atoms with Crippen LogP contribution in [0.4, 0.5) is 10.5 Å². The topological polar surface area (TPSA) is 99.8 Å². The third kappa shape index (κ3) is 4.95. The highest BCUT2D eigenvalue weighted by molar-refractivity contribution is 5.97. The van der Waals surface area contributed by atoms with Gasteiger partial charge in [-0.2, -0.15) is 0 Å². The molecule has 140 valence electrons. The van der Waals surface area contributed by atoms with Crippen molar-refractivity contribution in [3.8, 4) is 5.75 Å². The van der Waals surface area contributed by atoms with Crippen molar-refractivity contribution < 1.29 is 19.1 Å². The van der Waals surface area contributed by atoms with Gasteiger partial charge in [-0.15, -0.1) is 0 Å². The fourth-order valence-electron chi connectivity index (χ4n) is 3.01. The first-order chi connectivity index (χ1) is 12.5. The van der Waals surface area contributed by atoms with Gasteiger partial charge in [-0.05, 0) is 56.5 Å². The number of urea groups is 1. The second kappa shape index (κ2) is 8.18. The van der Waals surface area contributed by atoms with Crippen LogP contribution in [0.5, 0.6) is 5.75 Å². The Labute approximate surface area is 152 Å². The molecule has 1 aromatic carbocycles. The molecule has 0 spiro atoms. The number of nitrogens with zero attached hydrogens (tertiary/aromatic N) is 1. The van der Waals surface area contributed by atoms with Gasteiger partial charge in [-0.25, -0.2) is 4.79 Å². The lowest BCUT2D eigenvalue weighted by Gasteiger charge is -2.23. The minimum absolute atomic E-state index is 0.0266. The molecular weight excluding hydrogens is 336 g/mol. The van der Waals surface area contributed by atoms with Crippen LogP contribution >= 0.6 is 0 Å². The highest BCUT2D eigenvalue weighted by Crippen LogP contribution is 2.20. The molecule has 1 atom stereocenters. The monoisotopic (exact) mass is 360 g/mol. The SMILES string of the molecule is COc1ccc(NC(=O)[C@H]2CCCN2CC(=O)NC(=O)NC2CC2)cc1. The molecule has 8 heteroatoms. The predicted molar refractivity (Wildman–Crippen MR) is 95.9 cm³/mol. The maximum absolute atomic E-state index is 12.5. The van der Waals surface area contributed by atoms with E-state index < -0.39 is 11.9 Å². The van der Waals surface area contributed by atoms with E-state index in [1.54, 1.807) is 36.3 Å². The van der Waals surface area contributed by atoms with Gasteiger partial charge in [-0.3, -0.25) is 19.8 Å². The number of carbonyl (C=O) groups is 3. The molecule has 4 amide bonds. The summed E-state index contributed by atoms with van der Waals surface area (Å²) in [5.41, 5.74) is 0.677. The van der Waals surface area contributed by atoms with Crippen LogP contribution in [-0.2, 0) is 9.59 Å². The number of methoxy groups -OCH3 is 1. The van der Waals surface area contributed by atoms with Crippen LogP contribution in [0.1, 0.15) is 25.7 Å². The quantitative estimate of drug-likeness (QED) is 0.705. The smallest absolute Gasteiger partial charge is 0.321 e. The van der Waals surface area contributed by atoms with E-state index in [1.165, 1.54) is 0 Å². The minimum atomic E-state index is -0.462. The van der Waals surface area contributed by atoms with Gasteiger partial charge in [0.25, 0.3) is 0 Å². The lowest BCUT2D eigenvalue weighted by Crippen LogP contribution is -2.48. The van der Waals surface area contributed by atoms with Gasteiger partial charge in [0.1, 0.15) is 5.75 Å². The Kier molecular flexibility index (Phi) is 5.72.